The summed E-state index contributed by atoms with van der Waals surface area (Å²) in [6, 6.07) is 24.9. The quantitative estimate of drug-likeness (QED) is 0.0648. The lowest BCUT2D eigenvalue weighted by Gasteiger charge is -2.27. The van der Waals surface area contributed by atoms with Gasteiger partial charge in [-0.25, -0.2) is 0 Å². The highest BCUT2D eigenvalue weighted by Gasteiger charge is 2.34. The van der Waals surface area contributed by atoms with Gasteiger partial charge in [0, 0.05) is 30.5 Å². The number of para-hydroxylation sites is 1. The van der Waals surface area contributed by atoms with E-state index in [0.29, 0.717) is 13.2 Å². The standard InChI is InChI=1S/C37H44N4O3S/c1-5-6-18-35(38-37(26-42)21-12-13-22-37)41(4)24-29-19-20-32(30(23-29)25-43-31-14-8-7-9-15-31)33-16-10-11-17-34(33)45-40-36-27(2)28(3)44-39-36/h7-11,14-17,19-20,23,26H,5-6,12-13,18,21-22,24-25H2,1-4H3,(H,39,40). The zero-order chi connectivity index (χ0) is 31.6. The third kappa shape index (κ3) is 8.17. The molecule has 236 valence electrons. The summed E-state index contributed by atoms with van der Waals surface area (Å²) < 4.78 is 15.0. The number of ether oxygens (including phenoxy) is 1. The number of nitrogens with zero attached hydrogens (tertiary/aromatic N) is 3. The van der Waals surface area contributed by atoms with Gasteiger partial charge in [-0.05, 0) is 91.6 Å². The maximum Gasteiger partial charge on any atom is 0.182 e. The second kappa shape index (κ2) is 15.3. The average molecular weight is 625 g/mol. The highest BCUT2D eigenvalue weighted by Crippen LogP contribution is 2.36. The molecule has 0 spiro atoms. The molecule has 7 nitrogen and oxygen atoms in total. The largest absolute Gasteiger partial charge is 0.489 e. The number of unbranched alkanes of at least 4 members (excludes halogenated alkanes) is 1. The normalized spacial score (nSPS) is 14.4. The number of nitrogens with one attached hydrogen (secondary N) is 1. The Labute approximate surface area is 271 Å². The topological polar surface area (TPSA) is 80.0 Å². The number of carbonyl (C=O) groups excluding carboxylic acids is 1. The summed E-state index contributed by atoms with van der Waals surface area (Å²) in [6.45, 7) is 7.23. The first kappa shape index (κ1) is 32.4. The molecule has 1 aromatic heterocycles. The predicted molar refractivity (Wildman–Crippen MR) is 184 cm³/mol. The fraction of sp³-hybridized carbons (Fsp3) is 0.378. The van der Waals surface area contributed by atoms with Crippen LogP contribution in [0.15, 0.2) is 87.2 Å². The van der Waals surface area contributed by atoms with Gasteiger partial charge in [-0.2, -0.15) is 0 Å². The molecule has 4 aromatic rings. The van der Waals surface area contributed by atoms with Gasteiger partial charge in [0.15, 0.2) is 5.82 Å². The van der Waals surface area contributed by atoms with Crippen LogP contribution in [0.3, 0.4) is 0 Å². The molecule has 0 atom stereocenters. The van der Waals surface area contributed by atoms with Crippen LogP contribution in [0.4, 0.5) is 5.82 Å². The smallest absolute Gasteiger partial charge is 0.182 e. The van der Waals surface area contributed by atoms with Crippen molar-refractivity contribution in [2.45, 2.75) is 89.3 Å². The number of aliphatic imine (C=N–C) groups is 1. The molecule has 1 saturated carbocycles. The summed E-state index contributed by atoms with van der Waals surface area (Å²) in [4.78, 5) is 20.6. The van der Waals surface area contributed by atoms with E-state index < -0.39 is 5.54 Å². The molecule has 5 rings (SSSR count). The predicted octanol–water partition coefficient (Wildman–Crippen LogP) is 9.19. The van der Waals surface area contributed by atoms with Gasteiger partial charge in [0.2, 0.25) is 0 Å². The third-order valence-electron chi connectivity index (χ3n) is 8.55. The second-order valence-electron chi connectivity index (χ2n) is 11.9. The Morgan fingerprint density at radius 3 is 2.53 bits per heavy atom. The van der Waals surface area contributed by atoms with E-state index in [1.807, 2.05) is 50.2 Å². The maximum absolute atomic E-state index is 12.1. The van der Waals surface area contributed by atoms with E-state index in [2.05, 4.69) is 65.1 Å². The Morgan fingerprint density at radius 2 is 1.82 bits per heavy atom. The van der Waals surface area contributed by atoms with Crippen LogP contribution in [-0.4, -0.2) is 34.8 Å². The van der Waals surface area contributed by atoms with Crippen molar-refractivity contribution in [1.29, 1.82) is 0 Å². The van der Waals surface area contributed by atoms with Gasteiger partial charge >= 0.3 is 0 Å². The van der Waals surface area contributed by atoms with E-state index in [4.69, 9.17) is 14.3 Å². The van der Waals surface area contributed by atoms with E-state index in [9.17, 15) is 4.79 Å². The Kier molecular flexibility index (Phi) is 11.0. The molecule has 0 bridgehead atoms. The summed E-state index contributed by atoms with van der Waals surface area (Å²) in [5, 5.41) is 4.17. The SMILES string of the molecule is CCCCC(=NC1(C=O)CCCC1)N(C)Cc1ccc(-c2ccccc2SNc2noc(C)c2C)c(COc2ccccc2)c1. The van der Waals surface area contributed by atoms with Gasteiger partial charge in [0.1, 0.15) is 35.8 Å². The highest BCUT2D eigenvalue weighted by atomic mass is 32.2. The summed E-state index contributed by atoms with van der Waals surface area (Å²) in [5.74, 6) is 3.38. The van der Waals surface area contributed by atoms with Gasteiger partial charge in [-0.15, -0.1) is 0 Å². The first-order valence-corrected chi connectivity index (χ1v) is 16.7. The molecule has 8 heteroatoms. The van der Waals surface area contributed by atoms with Gasteiger partial charge in [0.25, 0.3) is 0 Å². The average Bonchev–Trinajstić information content (AvgIpc) is 3.67. The second-order valence-corrected chi connectivity index (χ2v) is 12.8. The molecule has 0 amide bonds. The van der Waals surface area contributed by atoms with Crippen molar-refractivity contribution in [2.75, 3.05) is 11.8 Å². The van der Waals surface area contributed by atoms with Crippen LogP contribution in [0, 0.1) is 13.8 Å². The van der Waals surface area contributed by atoms with Crippen LogP contribution >= 0.6 is 11.9 Å². The summed E-state index contributed by atoms with van der Waals surface area (Å²) in [5.41, 5.74) is 4.92. The number of aromatic nitrogens is 1. The minimum Gasteiger partial charge on any atom is -0.489 e. The number of hydrogen-bond acceptors (Lipinski definition) is 7. The van der Waals surface area contributed by atoms with E-state index >= 15 is 0 Å². The molecule has 0 saturated heterocycles. The molecule has 1 aliphatic rings. The van der Waals surface area contributed by atoms with Crippen molar-refractivity contribution >= 4 is 29.9 Å². The molecule has 3 aromatic carbocycles. The van der Waals surface area contributed by atoms with Crippen molar-refractivity contribution in [2.24, 2.45) is 4.99 Å². The summed E-state index contributed by atoms with van der Waals surface area (Å²) in [6.07, 6.45) is 7.89. The van der Waals surface area contributed by atoms with Crippen LogP contribution in [0.5, 0.6) is 5.75 Å². The lowest BCUT2D eigenvalue weighted by Crippen LogP contribution is -2.33. The van der Waals surface area contributed by atoms with Crippen LogP contribution < -0.4 is 9.46 Å². The van der Waals surface area contributed by atoms with E-state index in [1.165, 1.54) is 17.5 Å². The van der Waals surface area contributed by atoms with Crippen molar-refractivity contribution in [3.8, 4) is 16.9 Å². The number of carbonyl (C=O) groups is 1. The summed E-state index contributed by atoms with van der Waals surface area (Å²) >= 11 is 1.52. The highest BCUT2D eigenvalue weighted by molar-refractivity contribution is 8.00. The number of rotatable bonds is 14. The Morgan fingerprint density at radius 1 is 1.07 bits per heavy atom. The van der Waals surface area contributed by atoms with Crippen molar-refractivity contribution < 1.29 is 14.1 Å². The fourth-order valence-electron chi connectivity index (χ4n) is 5.73. The molecule has 0 radical (unpaired) electrons. The molecule has 1 aliphatic carbocycles. The van der Waals surface area contributed by atoms with Crippen LogP contribution in [0.1, 0.15) is 74.3 Å². The first-order valence-electron chi connectivity index (χ1n) is 15.9. The number of benzene rings is 3. The van der Waals surface area contributed by atoms with Crippen LogP contribution in [0.2, 0.25) is 0 Å². The number of anilines is 1. The van der Waals surface area contributed by atoms with E-state index in [1.54, 1.807) is 0 Å². The minimum atomic E-state index is -0.561. The molecule has 45 heavy (non-hydrogen) atoms. The number of amidine groups is 1. The third-order valence-corrected chi connectivity index (χ3v) is 9.43. The Bertz CT molecular complexity index is 1590. The van der Waals surface area contributed by atoms with Crippen LogP contribution in [0.25, 0.3) is 11.1 Å². The van der Waals surface area contributed by atoms with Crippen molar-refractivity contribution in [1.82, 2.24) is 10.1 Å². The van der Waals surface area contributed by atoms with Crippen molar-refractivity contribution in [3.05, 3.63) is 95.2 Å². The van der Waals surface area contributed by atoms with E-state index in [-0.39, 0.29) is 0 Å². The summed E-state index contributed by atoms with van der Waals surface area (Å²) in [7, 11) is 2.10. The lowest BCUT2D eigenvalue weighted by atomic mass is 9.97. The van der Waals surface area contributed by atoms with Gasteiger partial charge in [0.05, 0.1) is 0 Å². The van der Waals surface area contributed by atoms with Crippen LogP contribution in [-0.2, 0) is 17.9 Å². The Hall–Kier alpha value is -4.04. The number of hydrogen-bond donors (Lipinski definition) is 1. The maximum atomic E-state index is 12.1. The molecule has 1 N–H and O–H groups in total. The molecular formula is C37H44N4O3S. The number of aldehydes is 1. The molecule has 0 unspecified atom stereocenters. The van der Waals surface area contributed by atoms with Crippen molar-refractivity contribution in [3.63, 3.8) is 0 Å². The van der Waals surface area contributed by atoms with E-state index in [0.717, 1.165) is 102 Å². The van der Waals surface area contributed by atoms with Gasteiger partial charge in [-0.3, -0.25) is 4.99 Å². The minimum absolute atomic E-state index is 0.427. The van der Waals surface area contributed by atoms with Gasteiger partial charge in [-0.1, -0.05) is 79.9 Å². The monoisotopic (exact) mass is 624 g/mol. The fourth-order valence-corrected chi connectivity index (χ4v) is 6.56. The molecule has 1 fully saturated rings. The lowest BCUT2D eigenvalue weighted by molar-refractivity contribution is -0.112. The Balaban J connectivity index is 1.44. The first-order chi connectivity index (χ1) is 21.9. The zero-order valence-electron chi connectivity index (χ0n) is 26.8. The molecular weight excluding hydrogens is 580 g/mol. The molecule has 1 heterocycles. The zero-order valence-corrected chi connectivity index (χ0v) is 27.7. The number of aryl methyl sites for hydroxylation is 1. The van der Waals surface area contributed by atoms with Gasteiger partial charge < -0.3 is 23.7 Å². The molecule has 0 aliphatic heterocycles.